The van der Waals surface area contributed by atoms with Crippen molar-refractivity contribution >= 4 is 17.7 Å². The van der Waals surface area contributed by atoms with E-state index in [2.05, 4.69) is 15.5 Å². The van der Waals surface area contributed by atoms with Gasteiger partial charge >= 0.3 is 5.97 Å². The molecule has 6 nitrogen and oxygen atoms in total. The van der Waals surface area contributed by atoms with Crippen LogP contribution in [0, 0.1) is 0 Å². The molecule has 2 aromatic rings. The summed E-state index contributed by atoms with van der Waals surface area (Å²) < 4.78 is 6.58. The van der Waals surface area contributed by atoms with E-state index < -0.39 is 0 Å². The van der Waals surface area contributed by atoms with Crippen LogP contribution < -0.4 is 0 Å². The van der Waals surface area contributed by atoms with Gasteiger partial charge in [-0.2, -0.15) is 16.4 Å². The lowest BCUT2D eigenvalue weighted by molar-refractivity contribution is -0.142. The van der Waals surface area contributed by atoms with Gasteiger partial charge < -0.3 is 4.74 Å². The van der Waals surface area contributed by atoms with E-state index >= 15 is 0 Å². The van der Waals surface area contributed by atoms with Crippen molar-refractivity contribution in [1.29, 1.82) is 0 Å². The summed E-state index contributed by atoms with van der Waals surface area (Å²) in [7, 11) is 0. The van der Waals surface area contributed by atoms with Gasteiger partial charge in [-0.05, 0) is 29.5 Å². The molecular formula is C13H16N4O2S. The van der Waals surface area contributed by atoms with Crippen LogP contribution >= 0.6 is 11.8 Å². The molecule has 20 heavy (non-hydrogen) atoms. The Hall–Kier alpha value is -1.89. The minimum atomic E-state index is -0.164. The third-order valence-corrected chi connectivity index (χ3v) is 3.48. The van der Waals surface area contributed by atoms with Gasteiger partial charge in [0, 0.05) is 5.75 Å². The van der Waals surface area contributed by atoms with Crippen molar-refractivity contribution in [1.82, 2.24) is 20.2 Å². The predicted molar refractivity (Wildman–Crippen MR) is 76.6 cm³/mol. The Labute approximate surface area is 121 Å². The molecule has 0 spiro atoms. The molecule has 0 amide bonds. The van der Waals surface area contributed by atoms with E-state index in [1.807, 2.05) is 30.3 Å². The zero-order valence-electron chi connectivity index (χ0n) is 11.2. The molecule has 0 fully saturated rings. The molecule has 106 valence electrons. The Morgan fingerprint density at radius 1 is 1.35 bits per heavy atom. The fraction of sp³-hybridized carbons (Fsp3) is 0.385. The van der Waals surface area contributed by atoms with Gasteiger partial charge in [-0.15, -0.1) is 5.10 Å². The Morgan fingerprint density at radius 2 is 2.15 bits per heavy atom. The quantitative estimate of drug-likeness (QED) is 0.573. The van der Waals surface area contributed by atoms with Gasteiger partial charge in [0.2, 0.25) is 0 Å². The molecular weight excluding hydrogens is 276 g/mol. The number of ether oxygens (including phenoxy) is 1. The second-order valence-corrected chi connectivity index (χ2v) is 5.06. The number of carbonyl (C=O) groups is 1. The topological polar surface area (TPSA) is 69.9 Å². The van der Waals surface area contributed by atoms with Gasteiger partial charge in [0.25, 0.3) is 0 Å². The van der Waals surface area contributed by atoms with Crippen LogP contribution in [0.3, 0.4) is 0 Å². The summed E-state index contributed by atoms with van der Waals surface area (Å²) >= 11 is 1.61. The fourth-order valence-corrected chi connectivity index (χ4v) is 2.44. The van der Waals surface area contributed by atoms with E-state index in [1.165, 1.54) is 0 Å². The van der Waals surface area contributed by atoms with Crippen molar-refractivity contribution in [3.63, 3.8) is 0 Å². The van der Waals surface area contributed by atoms with Gasteiger partial charge in [-0.25, -0.2) is 0 Å². The average molecular weight is 292 g/mol. The second kappa shape index (κ2) is 7.64. The SMILES string of the molecule is CCOC(=O)CCSCc1nnnn1-c1ccccc1. The van der Waals surface area contributed by atoms with Gasteiger partial charge in [0.1, 0.15) is 0 Å². The van der Waals surface area contributed by atoms with Crippen LogP contribution in [-0.4, -0.2) is 38.5 Å². The highest BCUT2D eigenvalue weighted by atomic mass is 32.2. The Balaban J connectivity index is 1.86. The number of tetrazole rings is 1. The summed E-state index contributed by atoms with van der Waals surface area (Å²) in [5.41, 5.74) is 0.929. The summed E-state index contributed by atoms with van der Waals surface area (Å²) in [6.45, 7) is 2.23. The molecule has 0 aliphatic heterocycles. The number of para-hydroxylation sites is 1. The molecule has 0 aliphatic carbocycles. The first kappa shape index (κ1) is 14.5. The minimum Gasteiger partial charge on any atom is -0.466 e. The van der Waals surface area contributed by atoms with Crippen LogP contribution in [0.25, 0.3) is 5.69 Å². The number of thioether (sulfide) groups is 1. The van der Waals surface area contributed by atoms with Crippen LogP contribution in [0.1, 0.15) is 19.2 Å². The van der Waals surface area contributed by atoms with Crippen LogP contribution in [0.15, 0.2) is 30.3 Å². The number of hydrogen-bond acceptors (Lipinski definition) is 6. The second-order valence-electron chi connectivity index (χ2n) is 3.95. The summed E-state index contributed by atoms with van der Waals surface area (Å²) in [6, 6.07) is 9.72. The first-order chi connectivity index (χ1) is 9.81. The van der Waals surface area contributed by atoms with Crippen molar-refractivity contribution in [2.75, 3.05) is 12.4 Å². The third-order valence-electron chi connectivity index (χ3n) is 2.52. The summed E-state index contributed by atoms with van der Waals surface area (Å²) in [5, 5.41) is 11.7. The molecule has 1 heterocycles. The molecule has 0 atom stereocenters. The Bertz CT molecular complexity index is 544. The average Bonchev–Trinajstić information content (AvgIpc) is 2.93. The molecule has 0 saturated carbocycles. The normalized spacial score (nSPS) is 10.4. The smallest absolute Gasteiger partial charge is 0.306 e. The van der Waals surface area contributed by atoms with Crippen molar-refractivity contribution in [3.05, 3.63) is 36.2 Å². The monoisotopic (exact) mass is 292 g/mol. The summed E-state index contributed by atoms with van der Waals surface area (Å²) in [4.78, 5) is 11.2. The molecule has 0 N–H and O–H groups in total. The number of esters is 1. The highest BCUT2D eigenvalue weighted by Crippen LogP contribution is 2.14. The standard InChI is InChI=1S/C13H16N4O2S/c1-2-19-13(18)8-9-20-10-12-14-15-16-17(12)11-6-4-3-5-7-11/h3-7H,2,8-10H2,1H3. The van der Waals surface area contributed by atoms with Gasteiger partial charge in [0.15, 0.2) is 5.82 Å². The lowest BCUT2D eigenvalue weighted by atomic mass is 10.3. The minimum absolute atomic E-state index is 0.164. The van der Waals surface area contributed by atoms with E-state index in [1.54, 1.807) is 23.4 Å². The third kappa shape index (κ3) is 4.06. The Kier molecular flexibility index (Phi) is 5.55. The molecule has 0 unspecified atom stereocenters. The lowest BCUT2D eigenvalue weighted by Crippen LogP contribution is -2.06. The number of benzene rings is 1. The zero-order valence-corrected chi connectivity index (χ0v) is 12.0. The first-order valence-electron chi connectivity index (χ1n) is 6.37. The molecule has 2 rings (SSSR count). The molecule has 0 radical (unpaired) electrons. The summed E-state index contributed by atoms with van der Waals surface area (Å²) in [6.07, 6.45) is 0.408. The molecule has 0 bridgehead atoms. The first-order valence-corrected chi connectivity index (χ1v) is 7.52. The number of aromatic nitrogens is 4. The molecule has 0 saturated heterocycles. The van der Waals surface area contributed by atoms with Crippen LogP contribution in [0.2, 0.25) is 0 Å². The highest BCUT2D eigenvalue weighted by molar-refractivity contribution is 7.98. The van der Waals surface area contributed by atoms with E-state index in [9.17, 15) is 4.79 Å². The highest BCUT2D eigenvalue weighted by Gasteiger charge is 2.08. The van der Waals surface area contributed by atoms with Crippen molar-refractivity contribution in [3.8, 4) is 5.69 Å². The van der Waals surface area contributed by atoms with Crippen molar-refractivity contribution < 1.29 is 9.53 Å². The zero-order chi connectivity index (χ0) is 14.2. The molecule has 1 aromatic carbocycles. The number of carbonyl (C=O) groups excluding carboxylic acids is 1. The number of nitrogens with zero attached hydrogens (tertiary/aromatic N) is 4. The van der Waals surface area contributed by atoms with Gasteiger partial charge in [0.05, 0.1) is 24.5 Å². The summed E-state index contributed by atoms with van der Waals surface area (Å²) in [5.74, 6) is 1.95. The number of rotatable bonds is 7. The molecule has 0 aliphatic rings. The van der Waals surface area contributed by atoms with E-state index in [4.69, 9.17) is 4.74 Å². The van der Waals surface area contributed by atoms with E-state index in [0.29, 0.717) is 24.5 Å². The maximum absolute atomic E-state index is 11.2. The molecule has 1 aromatic heterocycles. The lowest BCUT2D eigenvalue weighted by Gasteiger charge is -2.04. The maximum Gasteiger partial charge on any atom is 0.306 e. The number of hydrogen-bond donors (Lipinski definition) is 0. The van der Waals surface area contributed by atoms with Crippen molar-refractivity contribution in [2.24, 2.45) is 0 Å². The Morgan fingerprint density at radius 3 is 2.90 bits per heavy atom. The van der Waals surface area contributed by atoms with E-state index in [-0.39, 0.29) is 5.97 Å². The van der Waals surface area contributed by atoms with Gasteiger partial charge in [-0.3, -0.25) is 4.79 Å². The maximum atomic E-state index is 11.2. The largest absolute Gasteiger partial charge is 0.466 e. The van der Waals surface area contributed by atoms with E-state index in [0.717, 1.165) is 11.5 Å². The van der Waals surface area contributed by atoms with Gasteiger partial charge in [-0.1, -0.05) is 18.2 Å². The molecule has 7 heteroatoms. The van der Waals surface area contributed by atoms with Crippen molar-refractivity contribution in [2.45, 2.75) is 19.1 Å². The predicted octanol–water partition coefficient (Wildman–Crippen LogP) is 1.85. The van der Waals surface area contributed by atoms with Crippen LogP contribution in [-0.2, 0) is 15.3 Å². The fourth-order valence-electron chi connectivity index (χ4n) is 1.62. The van der Waals surface area contributed by atoms with Crippen LogP contribution in [0.4, 0.5) is 0 Å². The van der Waals surface area contributed by atoms with Crippen LogP contribution in [0.5, 0.6) is 0 Å².